The van der Waals surface area contributed by atoms with Crippen LogP contribution in [0, 0.1) is 35.5 Å². The lowest BCUT2D eigenvalue weighted by molar-refractivity contribution is 0.197. The third-order valence-electron chi connectivity index (χ3n) is 6.39. The van der Waals surface area contributed by atoms with Gasteiger partial charge in [-0.05, 0) is 54.8 Å². The molecule has 1 aliphatic rings. The van der Waals surface area contributed by atoms with Crippen LogP contribution in [-0.2, 0) is 0 Å². The fraction of sp³-hybridized carbons (Fsp3) is 1.00. The van der Waals surface area contributed by atoms with Gasteiger partial charge in [0.2, 0.25) is 0 Å². The molecule has 0 radical (unpaired) electrons. The first-order chi connectivity index (χ1) is 9.43. The Bertz CT molecular complexity index is 236. The van der Waals surface area contributed by atoms with Crippen LogP contribution in [0.1, 0.15) is 92.9 Å². The SMILES string of the molecule is CC[C@@H](C)C[C@H](C)C(C)CC[C@@H](C)C1CCC(C)CC1. The Labute approximate surface area is 129 Å². The Hall–Kier alpha value is 0. The van der Waals surface area contributed by atoms with Gasteiger partial charge in [0.15, 0.2) is 0 Å². The van der Waals surface area contributed by atoms with Gasteiger partial charge in [0, 0.05) is 0 Å². The molecule has 0 nitrogen and oxygen atoms in total. The number of rotatable bonds is 8. The summed E-state index contributed by atoms with van der Waals surface area (Å²) in [6, 6.07) is 0. The lowest BCUT2D eigenvalue weighted by Gasteiger charge is -2.32. The van der Waals surface area contributed by atoms with E-state index in [4.69, 9.17) is 0 Å². The van der Waals surface area contributed by atoms with Gasteiger partial charge in [0.25, 0.3) is 0 Å². The van der Waals surface area contributed by atoms with Gasteiger partial charge in [-0.15, -0.1) is 0 Å². The highest BCUT2D eigenvalue weighted by Crippen LogP contribution is 2.36. The Morgan fingerprint density at radius 1 is 0.850 bits per heavy atom. The van der Waals surface area contributed by atoms with Crippen molar-refractivity contribution in [1.29, 1.82) is 0 Å². The third-order valence-corrected chi connectivity index (χ3v) is 6.39. The second kappa shape index (κ2) is 9.11. The molecule has 4 atom stereocenters. The lowest BCUT2D eigenvalue weighted by atomic mass is 9.74. The summed E-state index contributed by atoms with van der Waals surface area (Å²) < 4.78 is 0. The molecular formula is C20H40. The fourth-order valence-electron chi connectivity index (χ4n) is 3.93. The van der Waals surface area contributed by atoms with E-state index in [1.165, 1.54) is 51.4 Å². The second-order valence-electron chi connectivity index (χ2n) is 8.28. The van der Waals surface area contributed by atoms with Crippen LogP contribution in [0.4, 0.5) is 0 Å². The Morgan fingerprint density at radius 3 is 2.00 bits per heavy atom. The molecule has 20 heavy (non-hydrogen) atoms. The van der Waals surface area contributed by atoms with Crippen molar-refractivity contribution >= 4 is 0 Å². The molecule has 0 amide bonds. The monoisotopic (exact) mass is 280 g/mol. The normalized spacial score (nSPS) is 29.7. The molecule has 0 aromatic carbocycles. The highest BCUT2D eigenvalue weighted by Gasteiger charge is 2.24. The van der Waals surface area contributed by atoms with E-state index in [0.29, 0.717) is 0 Å². The van der Waals surface area contributed by atoms with E-state index in [-0.39, 0.29) is 0 Å². The molecule has 0 saturated heterocycles. The quantitative estimate of drug-likeness (QED) is 0.452. The van der Waals surface area contributed by atoms with Crippen LogP contribution in [0.5, 0.6) is 0 Å². The van der Waals surface area contributed by atoms with Gasteiger partial charge in [0.05, 0.1) is 0 Å². The van der Waals surface area contributed by atoms with Gasteiger partial charge in [-0.25, -0.2) is 0 Å². The summed E-state index contributed by atoms with van der Waals surface area (Å²) in [5.41, 5.74) is 0. The summed E-state index contributed by atoms with van der Waals surface area (Å²) in [4.78, 5) is 0. The van der Waals surface area contributed by atoms with Crippen LogP contribution in [0.15, 0.2) is 0 Å². The zero-order chi connectivity index (χ0) is 15.1. The molecule has 0 spiro atoms. The van der Waals surface area contributed by atoms with E-state index >= 15 is 0 Å². The van der Waals surface area contributed by atoms with E-state index in [1.807, 2.05) is 0 Å². The smallest absolute Gasteiger partial charge is 0.0388 e. The van der Waals surface area contributed by atoms with Crippen LogP contribution >= 0.6 is 0 Å². The van der Waals surface area contributed by atoms with Crippen molar-refractivity contribution in [3.05, 3.63) is 0 Å². The predicted octanol–water partition coefficient (Wildman–Crippen LogP) is 6.94. The molecule has 1 rings (SSSR count). The van der Waals surface area contributed by atoms with Crippen LogP contribution in [0.3, 0.4) is 0 Å². The van der Waals surface area contributed by atoms with Crippen molar-refractivity contribution < 1.29 is 0 Å². The molecule has 0 heteroatoms. The third kappa shape index (κ3) is 6.19. The van der Waals surface area contributed by atoms with Gasteiger partial charge in [-0.2, -0.15) is 0 Å². The standard InChI is InChI=1S/C20H40/c1-7-15(2)14-19(6)17(4)10-11-18(5)20-12-8-16(3)9-13-20/h15-20H,7-14H2,1-6H3/t15-,16?,17?,18-,19+,20?/m1/s1. The van der Waals surface area contributed by atoms with Crippen LogP contribution < -0.4 is 0 Å². The molecule has 0 N–H and O–H groups in total. The highest BCUT2D eigenvalue weighted by molar-refractivity contribution is 4.75. The van der Waals surface area contributed by atoms with Crippen LogP contribution in [-0.4, -0.2) is 0 Å². The summed E-state index contributed by atoms with van der Waals surface area (Å²) in [7, 11) is 0. The first kappa shape index (κ1) is 18.1. The van der Waals surface area contributed by atoms with Crippen molar-refractivity contribution in [2.75, 3.05) is 0 Å². The van der Waals surface area contributed by atoms with E-state index < -0.39 is 0 Å². The van der Waals surface area contributed by atoms with Gasteiger partial charge >= 0.3 is 0 Å². The molecule has 1 fully saturated rings. The highest BCUT2D eigenvalue weighted by atomic mass is 14.3. The maximum Gasteiger partial charge on any atom is -0.0388 e. The van der Waals surface area contributed by atoms with E-state index in [1.54, 1.807) is 0 Å². The maximum absolute atomic E-state index is 2.52. The molecule has 0 bridgehead atoms. The molecule has 0 aromatic rings. The fourth-order valence-corrected chi connectivity index (χ4v) is 3.93. The Balaban J connectivity index is 2.24. The maximum atomic E-state index is 2.52. The average molecular weight is 281 g/mol. The Kier molecular flexibility index (Phi) is 8.22. The van der Waals surface area contributed by atoms with Gasteiger partial charge in [-0.3, -0.25) is 0 Å². The van der Waals surface area contributed by atoms with Gasteiger partial charge in [-0.1, -0.05) is 73.6 Å². The van der Waals surface area contributed by atoms with Crippen molar-refractivity contribution in [1.82, 2.24) is 0 Å². The molecule has 0 aliphatic heterocycles. The van der Waals surface area contributed by atoms with Crippen molar-refractivity contribution in [2.24, 2.45) is 35.5 Å². The zero-order valence-electron chi connectivity index (χ0n) is 15.1. The predicted molar refractivity (Wildman–Crippen MR) is 91.9 cm³/mol. The minimum atomic E-state index is 0.906. The van der Waals surface area contributed by atoms with Gasteiger partial charge in [0.1, 0.15) is 0 Å². The molecule has 0 aromatic heterocycles. The number of hydrogen-bond donors (Lipinski definition) is 0. The molecular weight excluding hydrogens is 240 g/mol. The number of hydrogen-bond acceptors (Lipinski definition) is 0. The Morgan fingerprint density at radius 2 is 1.45 bits per heavy atom. The van der Waals surface area contributed by atoms with Crippen molar-refractivity contribution in [3.63, 3.8) is 0 Å². The topological polar surface area (TPSA) is 0 Å². The summed E-state index contributed by atoms with van der Waals surface area (Å²) >= 11 is 0. The minimum absolute atomic E-state index is 0.906. The van der Waals surface area contributed by atoms with Crippen molar-refractivity contribution in [3.8, 4) is 0 Å². The van der Waals surface area contributed by atoms with Crippen LogP contribution in [0.2, 0.25) is 0 Å². The average Bonchev–Trinajstić information content (AvgIpc) is 2.44. The molecule has 1 saturated carbocycles. The first-order valence-electron chi connectivity index (χ1n) is 9.43. The second-order valence-corrected chi connectivity index (χ2v) is 8.28. The molecule has 1 unspecified atom stereocenters. The summed E-state index contributed by atoms with van der Waals surface area (Å²) in [6.07, 6.45) is 11.6. The van der Waals surface area contributed by atoms with E-state index in [9.17, 15) is 0 Å². The molecule has 0 heterocycles. The summed E-state index contributed by atoms with van der Waals surface area (Å²) in [6.45, 7) is 14.7. The molecule has 120 valence electrons. The zero-order valence-corrected chi connectivity index (χ0v) is 15.1. The van der Waals surface area contributed by atoms with E-state index in [2.05, 4.69) is 41.5 Å². The first-order valence-corrected chi connectivity index (χ1v) is 9.43. The van der Waals surface area contributed by atoms with Crippen LogP contribution in [0.25, 0.3) is 0 Å². The van der Waals surface area contributed by atoms with Crippen molar-refractivity contribution in [2.45, 2.75) is 92.9 Å². The summed E-state index contributed by atoms with van der Waals surface area (Å²) in [5, 5.41) is 0. The lowest BCUT2D eigenvalue weighted by Crippen LogP contribution is -2.20. The van der Waals surface area contributed by atoms with Gasteiger partial charge < -0.3 is 0 Å². The minimum Gasteiger partial charge on any atom is -0.0651 e. The largest absolute Gasteiger partial charge is 0.0651 e. The van der Waals surface area contributed by atoms with E-state index in [0.717, 1.165) is 35.5 Å². The molecule has 1 aliphatic carbocycles. The summed E-state index contributed by atoms with van der Waals surface area (Å²) in [5.74, 6) is 5.71.